The molecule has 2 rings (SSSR count). The lowest BCUT2D eigenvalue weighted by molar-refractivity contribution is 0.350. The smallest absolute Gasteiger partial charge is 0.119 e. The van der Waals surface area contributed by atoms with Crippen LogP contribution in [0.3, 0.4) is 0 Å². The van der Waals surface area contributed by atoms with Crippen LogP contribution in [0.2, 0.25) is 0 Å². The van der Waals surface area contributed by atoms with Crippen molar-refractivity contribution in [2.45, 2.75) is 0 Å². The molecule has 2 aromatic carbocycles. The molecule has 0 fully saturated rings. The normalized spacial score (nSPS) is 10.4. The number of benzene rings is 2. The first kappa shape index (κ1) is 15.6. The van der Waals surface area contributed by atoms with E-state index in [0.29, 0.717) is 13.2 Å². The second-order valence-corrected chi connectivity index (χ2v) is 4.64. The molecule has 0 heterocycles. The van der Waals surface area contributed by atoms with E-state index in [1.807, 2.05) is 72.8 Å². The Morgan fingerprint density at radius 2 is 1.00 bits per heavy atom. The van der Waals surface area contributed by atoms with E-state index in [9.17, 15) is 0 Å². The lowest BCUT2D eigenvalue weighted by atomic mass is 10.2. The molecule has 112 valence electrons. The molecule has 0 saturated heterocycles. The highest BCUT2D eigenvalue weighted by Crippen LogP contribution is 2.13. The molecular formula is C20H20O2. The van der Waals surface area contributed by atoms with E-state index >= 15 is 0 Å². The monoisotopic (exact) mass is 292 g/mol. The van der Waals surface area contributed by atoms with Crippen LogP contribution in [0.1, 0.15) is 11.1 Å². The van der Waals surface area contributed by atoms with Crippen molar-refractivity contribution in [2.24, 2.45) is 0 Å². The number of hydrogen-bond donors (Lipinski definition) is 0. The summed E-state index contributed by atoms with van der Waals surface area (Å²) in [6.07, 6.45) is 7.50. The van der Waals surface area contributed by atoms with Crippen LogP contribution >= 0.6 is 0 Å². The van der Waals surface area contributed by atoms with Gasteiger partial charge in [0.25, 0.3) is 0 Å². The highest BCUT2D eigenvalue weighted by atomic mass is 16.5. The summed E-state index contributed by atoms with van der Waals surface area (Å²) < 4.78 is 11.2. The van der Waals surface area contributed by atoms with Crippen LogP contribution in [0.15, 0.2) is 73.8 Å². The van der Waals surface area contributed by atoms with Gasteiger partial charge in [0.1, 0.15) is 24.7 Å². The SMILES string of the molecule is C=Cc1ccc(OC/C=C/COc2ccc(C=C)cc2)cc1. The molecule has 0 spiro atoms. The molecule has 2 heteroatoms. The van der Waals surface area contributed by atoms with Crippen LogP contribution in [0, 0.1) is 0 Å². The lowest BCUT2D eigenvalue weighted by Crippen LogP contribution is -1.96. The molecule has 0 bridgehead atoms. The van der Waals surface area contributed by atoms with Crippen molar-refractivity contribution < 1.29 is 9.47 Å². The maximum absolute atomic E-state index is 5.60. The third kappa shape index (κ3) is 4.98. The third-order valence-corrected chi connectivity index (χ3v) is 3.09. The van der Waals surface area contributed by atoms with E-state index in [1.165, 1.54) is 0 Å². The van der Waals surface area contributed by atoms with Gasteiger partial charge in [0.15, 0.2) is 0 Å². The van der Waals surface area contributed by atoms with E-state index < -0.39 is 0 Å². The van der Waals surface area contributed by atoms with Crippen molar-refractivity contribution in [2.75, 3.05) is 13.2 Å². The standard InChI is InChI=1S/C20H20O2/c1-3-17-7-11-19(12-8-17)21-15-5-6-16-22-20-13-9-18(4-2)10-14-20/h3-14H,1-2,15-16H2/b6-5+. The molecule has 2 aromatic rings. The first-order valence-corrected chi connectivity index (χ1v) is 7.17. The average molecular weight is 292 g/mol. The molecule has 0 aliphatic rings. The molecular weight excluding hydrogens is 272 g/mol. The zero-order chi connectivity index (χ0) is 15.6. The van der Waals surface area contributed by atoms with Crippen molar-refractivity contribution in [3.05, 3.63) is 85.0 Å². The summed E-state index contributed by atoms with van der Waals surface area (Å²) >= 11 is 0. The number of hydrogen-bond acceptors (Lipinski definition) is 2. The summed E-state index contributed by atoms with van der Waals surface area (Å²) in [4.78, 5) is 0. The van der Waals surface area contributed by atoms with Crippen molar-refractivity contribution in [1.29, 1.82) is 0 Å². The minimum atomic E-state index is 0.520. The van der Waals surface area contributed by atoms with E-state index in [2.05, 4.69) is 13.2 Å². The molecule has 0 atom stereocenters. The highest BCUT2D eigenvalue weighted by Gasteiger charge is 1.92. The van der Waals surface area contributed by atoms with Crippen LogP contribution in [0.5, 0.6) is 11.5 Å². The number of ether oxygens (including phenoxy) is 2. The van der Waals surface area contributed by atoms with Gasteiger partial charge in [-0.25, -0.2) is 0 Å². The Balaban J connectivity index is 1.68. The van der Waals surface area contributed by atoms with Crippen LogP contribution in [-0.2, 0) is 0 Å². The van der Waals surface area contributed by atoms with E-state index in [-0.39, 0.29) is 0 Å². The average Bonchev–Trinajstić information content (AvgIpc) is 2.59. The van der Waals surface area contributed by atoms with Crippen LogP contribution in [-0.4, -0.2) is 13.2 Å². The fourth-order valence-electron chi connectivity index (χ4n) is 1.83. The molecule has 0 amide bonds. The second kappa shape index (κ2) is 8.53. The van der Waals surface area contributed by atoms with Crippen LogP contribution in [0.4, 0.5) is 0 Å². The molecule has 2 nitrogen and oxygen atoms in total. The van der Waals surface area contributed by atoms with Gasteiger partial charge in [0.05, 0.1) is 0 Å². The molecule has 0 aromatic heterocycles. The topological polar surface area (TPSA) is 18.5 Å². The van der Waals surface area contributed by atoms with E-state index in [1.54, 1.807) is 0 Å². The van der Waals surface area contributed by atoms with Crippen molar-refractivity contribution in [3.63, 3.8) is 0 Å². The maximum atomic E-state index is 5.60. The highest BCUT2D eigenvalue weighted by molar-refractivity contribution is 5.48. The minimum Gasteiger partial charge on any atom is -0.490 e. The van der Waals surface area contributed by atoms with Crippen molar-refractivity contribution >= 4 is 12.2 Å². The zero-order valence-corrected chi connectivity index (χ0v) is 12.6. The van der Waals surface area contributed by atoms with Gasteiger partial charge in [-0.2, -0.15) is 0 Å². The Hall–Kier alpha value is -2.74. The first-order valence-electron chi connectivity index (χ1n) is 7.17. The molecule has 0 aliphatic carbocycles. The third-order valence-electron chi connectivity index (χ3n) is 3.09. The van der Waals surface area contributed by atoms with Gasteiger partial charge < -0.3 is 9.47 Å². The van der Waals surface area contributed by atoms with Gasteiger partial charge in [-0.1, -0.05) is 49.6 Å². The second-order valence-electron chi connectivity index (χ2n) is 4.64. The van der Waals surface area contributed by atoms with Crippen LogP contribution < -0.4 is 9.47 Å². The molecule has 22 heavy (non-hydrogen) atoms. The predicted octanol–water partition coefficient (Wildman–Crippen LogP) is 4.99. The molecule has 0 aliphatic heterocycles. The van der Waals surface area contributed by atoms with Crippen molar-refractivity contribution in [3.8, 4) is 11.5 Å². The van der Waals surface area contributed by atoms with Gasteiger partial charge in [-0.15, -0.1) is 0 Å². The molecule has 0 radical (unpaired) electrons. The molecule has 0 unspecified atom stereocenters. The summed E-state index contributed by atoms with van der Waals surface area (Å²) in [5, 5.41) is 0. The molecule has 0 N–H and O–H groups in total. The summed E-state index contributed by atoms with van der Waals surface area (Å²) in [7, 11) is 0. The largest absolute Gasteiger partial charge is 0.490 e. The Morgan fingerprint density at radius 3 is 1.32 bits per heavy atom. The van der Waals surface area contributed by atoms with Gasteiger partial charge in [-0.05, 0) is 47.5 Å². The van der Waals surface area contributed by atoms with E-state index in [4.69, 9.17) is 9.47 Å². The summed E-state index contributed by atoms with van der Waals surface area (Å²) in [5.74, 6) is 1.69. The predicted molar refractivity (Wildman–Crippen MR) is 93.2 cm³/mol. The molecule has 0 saturated carbocycles. The van der Waals surface area contributed by atoms with Gasteiger partial charge in [-0.3, -0.25) is 0 Å². The van der Waals surface area contributed by atoms with Crippen LogP contribution in [0.25, 0.3) is 12.2 Å². The van der Waals surface area contributed by atoms with Gasteiger partial charge in [0.2, 0.25) is 0 Å². The fourth-order valence-corrected chi connectivity index (χ4v) is 1.83. The first-order chi connectivity index (χ1) is 10.8. The summed E-state index contributed by atoms with van der Waals surface area (Å²) in [5.41, 5.74) is 2.16. The Labute approximate surface area is 132 Å². The minimum absolute atomic E-state index is 0.520. The maximum Gasteiger partial charge on any atom is 0.119 e. The van der Waals surface area contributed by atoms with E-state index in [0.717, 1.165) is 22.6 Å². The number of rotatable bonds is 8. The summed E-state index contributed by atoms with van der Waals surface area (Å²) in [6.45, 7) is 8.48. The van der Waals surface area contributed by atoms with Crippen molar-refractivity contribution in [1.82, 2.24) is 0 Å². The Morgan fingerprint density at radius 1 is 0.636 bits per heavy atom. The Bertz CT molecular complexity index is 564. The Kier molecular flexibility index (Phi) is 6.06. The quantitative estimate of drug-likeness (QED) is 0.638. The zero-order valence-electron chi connectivity index (χ0n) is 12.6. The van der Waals surface area contributed by atoms with Gasteiger partial charge in [0, 0.05) is 0 Å². The lowest BCUT2D eigenvalue weighted by Gasteiger charge is -2.04. The summed E-state index contributed by atoms with van der Waals surface area (Å²) in [6, 6.07) is 15.6. The van der Waals surface area contributed by atoms with Gasteiger partial charge >= 0.3 is 0 Å². The fraction of sp³-hybridized carbons (Fsp3) is 0.100.